The molecule has 1 unspecified atom stereocenters. The molecule has 0 aromatic carbocycles. The van der Waals surface area contributed by atoms with Gasteiger partial charge >= 0.3 is 0 Å². The van der Waals surface area contributed by atoms with Crippen LogP contribution < -0.4 is 5.32 Å². The Morgan fingerprint density at radius 1 is 1.31 bits per heavy atom. The minimum absolute atomic E-state index is 0.253. The van der Waals surface area contributed by atoms with Crippen molar-refractivity contribution in [1.82, 2.24) is 10.2 Å². The van der Waals surface area contributed by atoms with Crippen molar-refractivity contribution in [3.8, 4) is 0 Å². The molecular formula is C10H16N2O. The zero-order valence-electron chi connectivity index (χ0n) is 7.78. The van der Waals surface area contributed by atoms with Crippen molar-refractivity contribution in [1.29, 1.82) is 0 Å². The van der Waals surface area contributed by atoms with E-state index >= 15 is 0 Å². The van der Waals surface area contributed by atoms with Gasteiger partial charge in [0.05, 0.1) is 6.26 Å². The van der Waals surface area contributed by atoms with Crippen LogP contribution in [-0.2, 0) is 4.74 Å². The first-order chi connectivity index (χ1) is 6.45. The van der Waals surface area contributed by atoms with E-state index in [0.29, 0.717) is 0 Å². The molecule has 0 radical (unpaired) electrons. The normalized spacial score (nSPS) is 28.8. The first kappa shape index (κ1) is 8.78. The summed E-state index contributed by atoms with van der Waals surface area (Å²) in [7, 11) is 0. The number of hydrogen-bond donors (Lipinski definition) is 1. The molecule has 3 nitrogen and oxygen atoms in total. The first-order valence-electron chi connectivity index (χ1n) is 4.87. The Hall–Kier alpha value is -0.800. The highest BCUT2D eigenvalue weighted by Crippen LogP contribution is 2.05. The van der Waals surface area contributed by atoms with E-state index in [-0.39, 0.29) is 6.10 Å². The molecule has 2 heterocycles. The van der Waals surface area contributed by atoms with Gasteiger partial charge in [0.15, 0.2) is 0 Å². The van der Waals surface area contributed by atoms with Gasteiger partial charge in [-0.1, -0.05) is 6.08 Å². The molecule has 0 aromatic heterocycles. The molecule has 2 aliphatic heterocycles. The molecule has 2 aliphatic rings. The molecule has 0 bridgehead atoms. The van der Waals surface area contributed by atoms with Gasteiger partial charge in [-0.3, -0.25) is 4.90 Å². The highest BCUT2D eigenvalue weighted by Gasteiger charge is 2.14. The molecular weight excluding hydrogens is 164 g/mol. The van der Waals surface area contributed by atoms with Crippen LogP contribution in [0.2, 0.25) is 0 Å². The first-order valence-corrected chi connectivity index (χ1v) is 4.87. The molecule has 2 rings (SSSR count). The largest absolute Gasteiger partial charge is 0.493 e. The SMILES string of the molecule is C1=COC(CN2CCNCC2)C=C1. The molecule has 0 aromatic rings. The van der Waals surface area contributed by atoms with Crippen molar-refractivity contribution in [2.75, 3.05) is 32.7 Å². The Morgan fingerprint density at radius 2 is 2.15 bits per heavy atom. The van der Waals surface area contributed by atoms with E-state index in [9.17, 15) is 0 Å². The van der Waals surface area contributed by atoms with Gasteiger partial charge in [0.25, 0.3) is 0 Å². The Bertz CT molecular complexity index is 207. The van der Waals surface area contributed by atoms with E-state index in [4.69, 9.17) is 4.74 Å². The van der Waals surface area contributed by atoms with Crippen LogP contribution >= 0.6 is 0 Å². The fourth-order valence-electron chi connectivity index (χ4n) is 1.68. The predicted molar refractivity (Wildman–Crippen MR) is 52.5 cm³/mol. The quantitative estimate of drug-likeness (QED) is 0.664. The summed E-state index contributed by atoms with van der Waals surface area (Å²) in [4.78, 5) is 2.44. The standard InChI is InChI=1S/C10H16N2O/c1-2-8-13-10(3-1)9-12-6-4-11-5-7-12/h1-3,8,10-11H,4-7,9H2. The van der Waals surface area contributed by atoms with Gasteiger partial charge in [-0.05, 0) is 12.2 Å². The Labute approximate surface area is 79.1 Å². The number of allylic oxidation sites excluding steroid dienone is 2. The smallest absolute Gasteiger partial charge is 0.129 e. The maximum atomic E-state index is 5.45. The third-order valence-corrected chi connectivity index (χ3v) is 2.42. The van der Waals surface area contributed by atoms with Gasteiger partial charge in [-0.15, -0.1) is 0 Å². The van der Waals surface area contributed by atoms with Gasteiger partial charge in [0.1, 0.15) is 6.10 Å². The van der Waals surface area contributed by atoms with Crippen LogP contribution in [0.25, 0.3) is 0 Å². The zero-order valence-corrected chi connectivity index (χ0v) is 7.78. The molecule has 1 N–H and O–H groups in total. The molecule has 1 fully saturated rings. The summed E-state index contributed by atoms with van der Waals surface area (Å²) < 4.78 is 5.45. The second-order valence-corrected chi connectivity index (χ2v) is 3.44. The van der Waals surface area contributed by atoms with Crippen LogP contribution in [0.5, 0.6) is 0 Å². The summed E-state index contributed by atoms with van der Waals surface area (Å²) in [6.07, 6.45) is 8.11. The van der Waals surface area contributed by atoms with E-state index in [0.717, 1.165) is 32.7 Å². The Morgan fingerprint density at radius 3 is 2.85 bits per heavy atom. The molecule has 13 heavy (non-hydrogen) atoms. The van der Waals surface area contributed by atoms with Gasteiger partial charge in [0, 0.05) is 32.7 Å². The van der Waals surface area contributed by atoms with Crippen LogP contribution in [0, 0.1) is 0 Å². The number of piperazine rings is 1. The molecule has 72 valence electrons. The van der Waals surface area contributed by atoms with Crippen molar-refractivity contribution in [2.45, 2.75) is 6.10 Å². The molecule has 0 saturated carbocycles. The average Bonchev–Trinajstić information content (AvgIpc) is 2.21. The highest BCUT2D eigenvalue weighted by atomic mass is 16.5. The maximum absolute atomic E-state index is 5.45. The predicted octanol–water partition coefficient (Wildman–Crippen LogP) is 0.360. The molecule has 1 saturated heterocycles. The Kier molecular flexibility index (Phi) is 3.00. The van der Waals surface area contributed by atoms with Crippen molar-refractivity contribution >= 4 is 0 Å². The number of hydrogen-bond acceptors (Lipinski definition) is 3. The van der Waals surface area contributed by atoms with Crippen LogP contribution in [-0.4, -0.2) is 43.7 Å². The second kappa shape index (κ2) is 4.44. The van der Waals surface area contributed by atoms with Crippen LogP contribution in [0.3, 0.4) is 0 Å². The summed E-state index contributed by atoms with van der Waals surface area (Å²) in [5, 5.41) is 3.34. The lowest BCUT2D eigenvalue weighted by molar-refractivity contribution is 0.117. The van der Waals surface area contributed by atoms with Crippen molar-refractivity contribution < 1.29 is 4.74 Å². The molecule has 0 aliphatic carbocycles. The zero-order chi connectivity index (χ0) is 8.93. The van der Waals surface area contributed by atoms with E-state index < -0.39 is 0 Å². The monoisotopic (exact) mass is 180 g/mol. The lowest BCUT2D eigenvalue weighted by Crippen LogP contribution is -2.46. The Balaban J connectivity index is 1.76. The van der Waals surface area contributed by atoms with Gasteiger partial charge in [-0.25, -0.2) is 0 Å². The van der Waals surface area contributed by atoms with Crippen LogP contribution in [0.15, 0.2) is 24.5 Å². The summed E-state index contributed by atoms with van der Waals surface area (Å²) in [5.41, 5.74) is 0. The van der Waals surface area contributed by atoms with Gasteiger partial charge in [-0.2, -0.15) is 0 Å². The highest BCUT2D eigenvalue weighted by molar-refractivity contribution is 5.08. The topological polar surface area (TPSA) is 24.5 Å². The van der Waals surface area contributed by atoms with E-state index in [1.807, 2.05) is 6.08 Å². The molecule has 0 amide bonds. The van der Waals surface area contributed by atoms with E-state index in [1.165, 1.54) is 0 Å². The third-order valence-electron chi connectivity index (χ3n) is 2.42. The third kappa shape index (κ3) is 2.57. The number of rotatable bonds is 2. The van der Waals surface area contributed by atoms with E-state index in [2.05, 4.69) is 22.4 Å². The summed E-state index contributed by atoms with van der Waals surface area (Å²) in [5.74, 6) is 0. The lowest BCUT2D eigenvalue weighted by atomic mass is 10.2. The molecule has 1 atom stereocenters. The average molecular weight is 180 g/mol. The minimum atomic E-state index is 0.253. The number of ether oxygens (including phenoxy) is 1. The fraction of sp³-hybridized carbons (Fsp3) is 0.600. The molecule has 3 heteroatoms. The second-order valence-electron chi connectivity index (χ2n) is 3.44. The van der Waals surface area contributed by atoms with Crippen molar-refractivity contribution in [2.24, 2.45) is 0 Å². The molecule has 0 spiro atoms. The van der Waals surface area contributed by atoms with Crippen LogP contribution in [0.1, 0.15) is 0 Å². The minimum Gasteiger partial charge on any atom is -0.493 e. The van der Waals surface area contributed by atoms with Gasteiger partial charge in [0.2, 0.25) is 0 Å². The van der Waals surface area contributed by atoms with Crippen molar-refractivity contribution in [3.63, 3.8) is 0 Å². The lowest BCUT2D eigenvalue weighted by Gasteiger charge is -2.29. The fourth-order valence-corrected chi connectivity index (χ4v) is 1.68. The number of nitrogens with zero attached hydrogens (tertiary/aromatic N) is 1. The number of nitrogens with one attached hydrogen (secondary N) is 1. The van der Waals surface area contributed by atoms with Gasteiger partial charge < -0.3 is 10.1 Å². The van der Waals surface area contributed by atoms with E-state index in [1.54, 1.807) is 6.26 Å². The van der Waals surface area contributed by atoms with Crippen LogP contribution in [0.4, 0.5) is 0 Å². The summed E-state index contributed by atoms with van der Waals surface area (Å²) in [6.45, 7) is 5.50. The summed E-state index contributed by atoms with van der Waals surface area (Å²) in [6, 6.07) is 0. The van der Waals surface area contributed by atoms with Crippen molar-refractivity contribution in [3.05, 3.63) is 24.5 Å². The summed E-state index contributed by atoms with van der Waals surface area (Å²) >= 11 is 0. The maximum Gasteiger partial charge on any atom is 0.129 e.